The van der Waals surface area contributed by atoms with Gasteiger partial charge in [-0.15, -0.1) is 0 Å². The van der Waals surface area contributed by atoms with Crippen LogP contribution in [0.15, 0.2) is 12.3 Å². The van der Waals surface area contributed by atoms with Gasteiger partial charge in [0.1, 0.15) is 11.7 Å². The normalized spacial score (nSPS) is 22.3. The molecule has 3 heterocycles. The second kappa shape index (κ2) is 6.78. The monoisotopic (exact) mass is 361 g/mol. The van der Waals surface area contributed by atoms with Crippen LogP contribution in [-0.4, -0.2) is 51.1 Å². The number of amides is 2. The topological polar surface area (TPSA) is 72.0 Å². The first-order valence-electron chi connectivity index (χ1n) is 9.02. The van der Waals surface area contributed by atoms with Crippen LogP contribution in [0.2, 0.25) is 0 Å². The standard InChI is InChI=1S/C19H27N3O4/c1-12-6-16(11-22(12)18(24)26-19(3,4)5)25-17-7-14-9-21(13(2)23)10-15(14)8-20-17/h7-8,12,16H,6,9-11H2,1-5H3/t12-,16+/m0/s1. The highest BCUT2D eigenvalue weighted by Gasteiger charge is 2.36. The summed E-state index contributed by atoms with van der Waals surface area (Å²) in [5.74, 6) is 0.596. The number of carbonyl (C=O) groups is 2. The third kappa shape index (κ3) is 4.08. The summed E-state index contributed by atoms with van der Waals surface area (Å²) in [5.41, 5.74) is 1.61. The highest BCUT2D eigenvalue weighted by molar-refractivity contribution is 5.74. The van der Waals surface area contributed by atoms with Gasteiger partial charge in [0, 0.05) is 44.7 Å². The van der Waals surface area contributed by atoms with Crippen molar-refractivity contribution in [2.24, 2.45) is 0 Å². The summed E-state index contributed by atoms with van der Waals surface area (Å²) in [6.07, 6.45) is 2.08. The minimum Gasteiger partial charge on any atom is -0.472 e. The van der Waals surface area contributed by atoms with Crippen LogP contribution in [0.5, 0.6) is 5.88 Å². The summed E-state index contributed by atoms with van der Waals surface area (Å²) >= 11 is 0. The van der Waals surface area contributed by atoms with E-state index in [9.17, 15) is 9.59 Å². The Labute approximate surface area is 154 Å². The van der Waals surface area contributed by atoms with E-state index in [-0.39, 0.29) is 24.1 Å². The predicted molar refractivity (Wildman–Crippen MR) is 95.6 cm³/mol. The van der Waals surface area contributed by atoms with Gasteiger partial charge >= 0.3 is 6.09 Å². The molecule has 3 rings (SSSR count). The molecule has 26 heavy (non-hydrogen) atoms. The van der Waals surface area contributed by atoms with Gasteiger partial charge in [0.25, 0.3) is 0 Å². The van der Waals surface area contributed by atoms with Crippen molar-refractivity contribution in [3.63, 3.8) is 0 Å². The number of pyridine rings is 1. The van der Waals surface area contributed by atoms with E-state index >= 15 is 0 Å². The van der Waals surface area contributed by atoms with E-state index in [1.165, 1.54) is 0 Å². The second-order valence-corrected chi connectivity index (χ2v) is 8.12. The molecule has 0 aliphatic carbocycles. The van der Waals surface area contributed by atoms with Crippen LogP contribution in [0.3, 0.4) is 0 Å². The number of aromatic nitrogens is 1. The lowest BCUT2D eigenvalue weighted by Gasteiger charge is -2.26. The number of likely N-dealkylation sites (tertiary alicyclic amines) is 1. The van der Waals surface area contributed by atoms with Gasteiger partial charge in [-0.2, -0.15) is 0 Å². The van der Waals surface area contributed by atoms with Crippen molar-refractivity contribution in [3.8, 4) is 5.88 Å². The molecule has 2 amide bonds. The molecule has 7 nitrogen and oxygen atoms in total. The van der Waals surface area contributed by atoms with Gasteiger partial charge in [0.2, 0.25) is 11.8 Å². The Balaban J connectivity index is 1.62. The first-order valence-corrected chi connectivity index (χ1v) is 9.02. The fourth-order valence-electron chi connectivity index (χ4n) is 3.36. The molecule has 1 saturated heterocycles. The van der Waals surface area contributed by atoms with E-state index in [0.717, 1.165) is 17.5 Å². The molecule has 1 aromatic rings. The van der Waals surface area contributed by atoms with E-state index in [0.29, 0.717) is 25.5 Å². The number of fused-ring (bicyclic) bond motifs is 1. The van der Waals surface area contributed by atoms with E-state index in [1.54, 1.807) is 22.9 Å². The van der Waals surface area contributed by atoms with Crippen LogP contribution in [-0.2, 0) is 22.6 Å². The summed E-state index contributed by atoms with van der Waals surface area (Å²) in [5, 5.41) is 0. The number of hydrogen-bond acceptors (Lipinski definition) is 5. The SMILES string of the molecule is CC(=O)N1Cc2cnc(O[C@@H]3C[C@H](C)N(C(=O)OC(C)(C)C)C3)cc2C1. The van der Waals surface area contributed by atoms with Crippen molar-refractivity contribution in [3.05, 3.63) is 23.4 Å². The van der Waals surface area contributed by atoms with Crippen molar-refractivity contribution in [2.75, 3.05) is 6.54 Å². The lowest BCUT2D eigenvalue weighted by Crippen LogP contribution is -2.39. The highest BCUT2D eigenvalue weighted by Crippen LogP contribution is 2.28. The molecule has 2 aliphatic rings. The van der Waals surface area contributed by atoms with Crippen molar-refractivity contribution in [1.82, 2.24) is 14.8 Å². The average molecular weight is 361 g/mol. The minimum absolute atomic E-state index is 0.0532. The quantitative estimate of drug-likeness (QED) is 0.810. The lowest BCUT2D eigenvalue weighted by molar-refractivity contribution is -0.129. The van der Waals surface area contributed by atoms with Crippen LogP contribution < -0.4 is 4.74 Å². The van der Waals surface area contributed by atoms with Crippen LogP contribution in [0.25, 0.3) is 0 Å². The number of hydrogen-bond donors (Lipinski definition) is 0. The smallest absolute Gasteiger partial charge is 0.410 e. The van der Waals surface area contributed by atoms with Crippen molar-refractivity contribution >= 4 is 12.0 Å². The number of carbonyl (C=O) groups excluding carboxylic acids is 2. The van der Waals surface area contributed by atoms with Crippen LogP contribution in [0.1, 0.15) is 52.2 Å². The molecule has 0 unspecified atom stereocenters. The second-order valence-electron chi connectivity index (χ2n) is 8.12. The third-order valence-electron chi connectivity index (χ3n) is 4.68. The molecular weight excluding hydrogens is 334 g/mol. The summed E-state index contributed by atoms with van der Waals surface area (Å²) in [4.78, 5) is 31.7. The maximum atomic E-state index is 12.3. The van der Waals surface area contributed by atoms with Crippen molar-refractivity contribution in [2.45, 2.75) is 71.9 Å². The van der Waals surface area contributed by atoms with Crippen molar-refractivity contribution in [1.29, 1.82) is 0 Å². The van der Waals surface area contributed by atoms with Crippen LogP contribution in [0.4, 0.5) is 4.79 Å². The molecule has 0 saturated carbocycles. The molecule has 0 radical (unpaired) electrons. The van der Waals surface area contributed by atoms with Gasteiger partial charge in [0.05, 0.1) is 6.54 Å². The molecular formula is C19H27N3O4. The predicted octanol–water partition coefficient (Wildman–Crippen LogP) is 2.72. The van der Waals surface area contributed by atoms with Gasteiger partial charge in [-0.05, 0) is 38.8 Å². The average Bonchev–Trinajstić information content (AvgIpc) is 3.08. The molecule has 0 N–H and O–H groups in total. The van der Waals surface area contributed by atoms with Gasteiger partial charge < -0.3 is 19.3 Å². The largest absolute Gasteiger partial charge is 0.472 e. The van der Waals surface area contributed by atoms with Gasteiger partial charge in [-0.3, -0.25) is 4.79 Å². The molecule has 1 aromatic heterocycles. The van der Waals surface area contributed by atoms with E-state index in [1.807, 2.05) is 33.8 Å². The fraction of sp³-hybridized carbons (Fsp3) is 0.632. The molecule has 2 aliphatic heterocycles. The Morgan fingerprint density at radius 1 is 1.23 bits per heavy atom. The zero-order valence-electron chi connectivity index (χ0n) is 16.1. The summed E-state index contributed by atoms with van der Waals surface area (Å²) < 4.78 is 11.5. The molecule has 0 spiro atoms. The van der Waals surface area contributed by atoms with Gasteiger partial charge in [-0.25, -0.2) is 9.78 Å². The fourth-order valence-corrected chi connectivity index (χ4v) is 3.36. The number of rotatable bonds is 2. The zero-order chi connectivity index (χ0) is 19.1. The zero-order valence-corrected chi connectivity index (χ0v) is 16.1. The molecule has 142 valence electrons. The number of ether oxygens (including phenoxy) is 2. The lowest BCUT2D eigenvalue weighted by atomic mass is 10.2. The van der Waals surface area contributed by atoms with Crippen LogP contribution >= 0.6 is 0 Å². The van der Waals surface area contributed by atoms with E-state index in [4.69, 9.17) is 9.47 Å². The summed E-state index contributed by atoms with van der Waals surface area (Å²) in [6, 6.07) is 1.96. The highest BCUT2D eigenvalue weighted by atomic mass is 16.6. The molecule has 1 fully saturated rings. The summed E-state index contributed by atoms with van der Waals surface area (Å²) in [6.45, 7) is 10.8. The van der Waals surface area contributed by atoms with Gasteiger partial charge in [-0.1, -0.05) is 0 Å². The van der Waals surface area contributed by atoms with Crippen molar-refractivity contribution < 1.29 is 19.1 Å². The third-order valence-corrected chi connectivity index (χ3v) is 4.68. The minimum atomic E-state index is -0.514. The molecule has 0 bridgehead atoms. The first kappa shape index (κ1) is 18.5. The molecule has 0 aromatic carbocycles. The Morgan fingerprint density at radius 2 is 1.92 bits per heavy atom. The number of nitrogens with zero attached hydrogens (tertiary/aromatic N) is 3. The first-order chi connectivity index (χ1) is 12.1. The summed E-state index contributed by atoms with van der Waals surface area (Å²) in [7, 11) is 0. The maximum absolute atomic E-state index is 12.3. The van der Waals surface area contributed by atoms with Crippen LogP contribution in [0, 0.1) is 0 Å². The maximum Gasteiger partial charge on any atom is 0.410 e. The van der Waals surface area contributed by atoms with E-state index < -0.39 is 5.60 Å². The molecule has 2 atom stereocenters. The Morgan fingerprint density at radius 3 is 2.58 bits per heavy atom. The van der Waals surface area contributed by atoms with E-state index in [2.05, 4.69) is 4.98 Å². The Hall–Kier alpha value is -2.31. The Kier molecular flexibility index (Phi) is 4.82. The van der Waals surface area contributed by atoms with Gasteiger partial charge in [0.15, 0.2) is 0 Å². The Bertz CT molecular complexity index is 713. The molecule has 7 heteroatoms.